The van der Waals surface area contributed by atoms with Gasteiger partial charge in [-0.2, -0.15) is 0 Å². The summed E-state index contributed by atoms with van der Waals surface area (Å²) in [6.07, 6.45) is 3.99. The van der Waals surface area contributed by atoms with E-state index in [9.17, 15) is 0 Å². The summed E-state index contributed by atoms with van der Waals surface area (Å²) in [6.45, 7) is 4.51. The normalized spacial score (nSPS) is 12.1. The first-order valence-corrected chi connectivity index (χ1v) is 16.5. The van der Waals surface area contributed by atoms with Gasteiger partial charge in [-0.05, 0) is 86.4 Å². The number of aliphatic imine (C=N–C) groups is 2. The van der Waals surface area contributed by atoms with Gasteiger partial charge >= 0.3 is 0 Å². The smallest absolute Gasteiger partial charge is 0.0716 e. The van der Waals surface area contributed by atoms with E-state index in [1.807, 2.05) is 24.4 Å². The number of hydrogen-bond donors (Lipinski definition) is 0. The molecule has 8 rings (SSSR count). The third-order valence-corrected chi connectivity index (χ3v) is 9.09. The van der Waals surface area contributed by atoms with Crippen molar-refractivity contribution in [3.05, 3.63) is 193 Å². The molecule has 0 aliphatic carbocycles. The number of hydrogen-bond acceptors (Lipinski definition) is 3. The van der Waals surface area contributed by atoms with Crippen molar-refractivity contribution in [1.82, 2.24) is 4.98 Å². The Kier molecular flexibility index (Phi) is 8.15. The van der Waals surface area contributed by atoms with Crippen LogP contribution >= 0.6 is 0 Å². The predicted molar refractivity (Wildman–Crippen MR) is 208 cm³/mol. The maximum Gasteiger partial charge on any atom is 0.0716 e. The highest BCUT2D eigenvalue weighted by Gasteiger charge is 2.10. The van der Waals surface area contributed by atoms with Crippen LogP contribution in [0.4, 0.5) is 0 Å². The Balaban J connectivity index is 1.18. The lowest BCUT2D eigenvalue weighted by atomic mass is 9.98. The van der Waals surface area contributed by atoms with Crippen LogP contribution in [-0.2, 0) is 6.54 Å². The van der Waals surface area contributed by atoms with Gasteiger partial charge in [-0.3, -0.25) is 15.0 Å². The standard InChI is InChI=1S/C46H33N3/c1-47-45(40-16-9-15-37(27-40)42-28-39-13-5-7-19-44(39)48-31-42)29-46(49-30-41-17-8-14-34-11-4-6-18-43(34)41)35-23-20-33(21-24-35)38-25-22-32-10-2-3-12-36(32)26-38/h2-29,31H,1,30H2/b45-29-,49-46+. The largest absolute Gasteiger partial charge is 0.280 e. The molecule has 0 spiro atoms. The summed E-state index contributed by atoms with van der Waals surface area (Å²) in [5.41, 5.74) is 10.2. The van der Waals surface area contributed by atoms with E-state index in [0.717, 1.165) is 50.1 Å². The van der Waals surface area contributed by atoms with E-state index >= 15 is 0 Å². The Bertz CT molecular complexity index is 2540. The van der Waals surface area contributed by atoms with Crippen LogP contribution in [-0.4, -0.2) is 17.4 Å². The molecule has 0 radical (unpaired) electrons. The van der Waals surface area contributed by atoms with Gasteiger partial charge in [-0.25, -0.2) is 0 Å². The van der Waals surface area contributed by atoms with Crippen LogP contribution in [0.5, 0.6) is 0 Å². The van der Waals surface area contributed by atoms with Crippen molar-refractivity contribution in [3.63, 3.8) is 0 Å². The number of allylic oxidation sites excluding steroid dienone is 1. The number of aromatic nitrogens is 1. The molecule has 0 unspecified atom stereocenters. The highest BCUT2D eigenvalue weighted by atomic mass is 14.8. The molecule has 232 valence electrons. The molecule has 0 amide bonds. The van der Waals surface area contributed by atoms with Crippen LogP contribution in [0.3, 0.4) is 0 Å². The monoisotopic (exact) mass is 627 g/mol. The molecule has 0 saturated carbocycles. The summed E-state index contributed by atoms with van der Waals surface area (Å²) in [5, 5.41) is 6.00. The van der Waals surface area contributed by atoms with Gasteiger partial charge in [0, 0.05) is 22.7 Å². The summed E-state index contributed by atoms with van der Waals surface area (Å²) >= 11 is 0. The molecule has 3 heteroatoms. The highest BCUT2D eigenvalue weighted by molar-refractivity contribution is 6.12. The molecule has 0 fully saturated rings. The van der Waals surface area contributed by atoms with Gasteiger partial charge in [0.1, 0.15) is 0 Å². The summed E-state index contributed by atoms with van der Waals surface area (Å²) < 4.78 is 0. The highest BCUT2D eigenvalue weighted by Crippen LogP contribution is 2.29. The minimum atomic E-state index is 0.535. The molecule has 0 saturated heterocycles. The zero-order valence-corrected chi connectivity index (χ0v) is 27.0. The van der Waals surface area contributed by atoms with Crippen LogP contribution in [0.25, 0.3) is 60.4 Å². The van der Waals surface area contributed by atoms with E-state index in [4.69, 9.17) is 4.99 Å². The molecule has 3 nitrogen and oxygen atoms in total. The van der Waals surface area contributed by atoms with Gasteiger partial charge in [0.25, 0.3) is 0 Å². The molecular weight excluding hydrogens is 595 g/mol. The molecule has 1 heterocycles. The van der Waals surface area contributed by atoms with Gasteiger partial charge in [0.05, 0.1) is 23.5 Å². The third-order valence-electron chi connectivity index (χ3n) is 9.09. The fraction of sp³-hybridized carbons (Fsp3) is 0.0217. The minimum absolute atomic E-state index is 0.535. The lowest BCUT2D eigenvalue weighted by molar-refractivity contribution is 1.08. The lowest BCUT2D eigenvalue weighted by Gasteiger charge is -2.11. The number of benzene rings is 7. The van der Waals surface area contributed by atoms with E-state index in [1.54, 1.807) is 0 Å². The van der Waals surface area contributed by atoms with Crippen LogP contribution in [0.15, 0.2) is 186 Å². The van der Waals surface area contributed by atoms with Crippen molar-refractivity contribution in [1.29, 1.82) is 0 Å². The topological polar surface area (TPSA) is 37.6 Å². The minimum Gasteiger partial charge on any atom is -0.280 e. The molecule has 0 N–H and O–H groups in total. The molecule has 1 aromatic heterocycles. The number of nitrogens with zero attached hydrogens (tertiary/aromatic N) is 3. The van der Waals surface area contributed by atoms with Crippen molar-refractivity contribution >= 4 is 50.6 Å². The maximum atomic E-state index is 5.23. The van der Waals surface area contributed by atoms with Crippen LogP contribution in [0.1, 0.15) is 16.7 Å². The van der Waals surface area contributed by atoms with Crippen molar-refractivity contribution < 1.29 is 0 Å². The average Bonchev–Trinajstić information content (AvgIpc) is 3.18. The first-order valence-electron chi connectivity index (χ1n) is 16.5. The van der Waals surface area contributed by atoms with E-state index in [1.165, 1.54) is 32.7 Å². The van der Waals surface area contributed by atoms with E-state index in [-0.39, 0.29) is 0 Å². The zero-order chi connectivity index (χ0) is 33.0. The summed E-state index contributed by atoms with van der Waals surface area (Å²) in [7, 11) is 0. The second kappa shape index (κ2) is 13.3. The molecule has 7 aromatic carbocycles. The van der Waals surface area contributed by atoms with E-state index in [2.05, 4.69) is 168 Å². The van der Waals surface area contributed by atoms with Gasteiger partial charge in [-0.15, -0.1) is 0 Å². The maximum absolute atomic E-state index is 5.23. The lowest BCUT2D eigenvalue weighted by Crippen LogP contribution is -2.00. The number of fused-ring (bicyclic) bond motifs is 3. The Labute approximate surface area is 286 Å². The molecular formula is C46H33N3. The molecule has 0 bridgehead atoms. The SMILES string of the molecule is C=N/C(=C\C(=N/Cc1cccc2ccccc12)c1ccc(-c2ccc3ccccc3c2)cc1)c1cccc(-c2cnc3ccccc3c2)c1. The molecule has 49 heavy (non-hydrogen) atoms. The third kappa shape index (κ3) is 6.30. The first-order chi connectivity index (χ1) is 24.2. The van der Waals surface area contributed by atoms with Crippen LogP contribution in [0, 0.1) is 0 Å². The van der Waals surface area contributed by atoms with Gasteiger partial charge in [-0.1, -0.05) is 140 Å². The van der Waals surface area contributed by atoms with Gasteiger partial charge < -0.3 is 0 Å². The van der Waals surface area contributed by atoms with Crippen molar-refractivity contribution in [2.75, 3.05) is 0 Å². The molecule has 8 aromatic rings. The Morgan fingerprint density at radius 1 is 0.531 bits per heavy atom. The molecule has 0 atom stereocenters. The summed E-state index contributed by atoms with van der Waals surface area (Å²) in [6, 6.07) is 57.4. The van der Waals surface area contributed by atoms with E-state index < -0.39 is 0 Å². The quantitative estimate of drug-likeness (QED) is 0.154. The summed E-state index contributed by atoms with van der Waals surface area (Å²) in [5.74, 6) is 0. The van der Waals surface area contributed by atoms with Crippen LogP contribution < -0.4 is 0 Å². The van der Waals surface area contributed by atoms with Crippen molar-refractivity contribution in [3.8, 4) is 22.3 Å². The van der Waals surface area contributed by atoms with Gasteiger partial charge in [0.15, 0.2) is 0 Å². The average molecular weight is 628 g/mol. The Hall–Kier alpha value is -6.45. The Morgan fingerprint density at radius 2 is 1.20 bits per heavy atom. The van der Waals surface area contributed by atoms with Crippen LogP contribution in [0.2, 0.25) is 0 Å². The summed E-state index contributed by atoms with van der Waals surface area (Å²) in [4.78, 5) is 14.4. The fourth-order valence-electron chi connectivity index (χ4n) is 6.46. The Morgan fingerprint density at radius 3 is 2.06 bits per heavy atom. The van der Waals surface area contributed by atoms with Crippen molar-refractivity contribution in [2.24, 2.45) is 9.98 Å². The molecule has 0 aliphatic rings. The second-order valence-electron chi connectivity index (χ2n) is 12.2. The molecule has 0 aliphatic heterocycles. The van der Waals surface area contributed by atoms with E-state index in [0.29, 0.717) is 6.54 Å². The zero-order valence-electron chi connectivity index (χ0n) is 27.0. The fourth-order valence-corrected chi connectivity index (χ4v) is 6.46. The predicted octanol–water partition coefficient (Wildman–Crippen LogP) is 11.6. The number of para-hydroxylation sites is 1. The number of rotatable bonds is 8. The second-order valence-corrected chi connectivity index (χ2v) is 12.2. The first kappa shape index (κ1) is 29.9. The van der Waals surface area contributed by atoms with Crippen molar-refractivity contribution in [2.45, 2.75) is 6.54 Å². The number of pyridine rings is 1. The van der Waals surface area contributed by atoms with Gasteiger partial charge in [0.2, 0.25) is 0 Å².